The molecular weight excluding hydrogens is 546 g/mol. The lowest BCUT2D eigenvalue weighted by Gasteiger charge is -2.26. The minimum atomic E-state index is -4.06. The Morgan fingerprint density at radius 2 is 1.38 bits per heavy atom. The summed E-state index contributed by atoms with van der Waals surface area (Å²) in [4.78, 5) is 13.2. The van der Waals surface area contributed by atoms with Gasteiger partial charge in [-0.25, -0.2) is 16.8 Å². The predicted molar refractivity (Wildman–Crippen MR) is 159 cm³/mol. The highest BCUT2D eigenvalue weighted by atomic mass is 32.2. The molecule has 40 heavy (non-hydrogen) atoms. The van der Waals surface area contributed by atoms with Crippen molar-refractivity contribution in [2.45, 2.75) is 37.0 Å². The van der Waals surface area contributed by atoms with Crippen LogP contribution in [0.2, 0.25) is 0 Å². The third kappa shape index (κ3) is 6.70. The van der Waals surface area contributed by atoms with Crippen LogP contribution >= 0.6 is 0 Å². The van der Waals surface area contributed by atoms with Crippen molar-refractivity contribution in [2.24, 2.45) is 0 Å². The Bertz CT molecular complexity index is 1720. The largest absolute Gasteiger partial charge is 0.325 e. The van der Waals surface area contributed by atoms with E-state index >= 15 is 0 Å². The Morgan fingerprint density at radius 3 is 2.02 bits per heavy atom. The summed E-state index contributed by atoms with van der Waals surface area (Å²) in [5.74, 6) is -0.574. The van der Waals surface area contributed by atoms with E-state index in [4.69, 9.17) is 0 Å². The monoisotopic (exact) mass is 577 g/mol. The van der Waals surface area contributed by atoms with Gasteiger partial charge in [0.25, 0.3) is 20.0 Å². The number of rotatable bonds is 10. The number of aryl methyl sites for hydroxylation is 3. The molecule has 8 nitrogen and oxygen atoms in total. The van der Waals surface area contributed by atoms with Gasteiger partial charge in [0.1, 0.15) is 6.54 Å². The Morgan fingerprint density at radius 1 is 0.725 bits per heavy atom. The number of hydrogen-bond donors (Lipinski definition) is 2. The molecule has 4 aromatic carbocycles. The summed E-state index contributed by atoms with van der Waals surface area (Å²) in [5.41, 5.74) is 3.80. The van der Waals surface area contributed by atoms with Crippen molar-refractivity contribution in [2.75, 3.05) is 20.9 Å². The van der Waals surface area contributed by atoms with Crippen molar-refractivity contribution in [3.8, 4) is 0 Å². The molecule has 208 valence electrons. The van der Waals surface area contributed by atoms with Gasteiger partial charge in [-0.3, -0.25) is 13.8 Å². The Hall–Kier alpha value is -4.15. The van der Waals surface area contributed by atoms with Crippen molar-refractivity contribution < 1.29 is 21.6 Å². The first-order chi connectivity index (χ1) is 19.0. The lowest BCUT2D eigenvalue weighted by atomic mass is 10.1. The van der Waals surface area contributed by atoms with Crippen LogP contribution < -0.4 is 14.3 Å². The number of carbonyl (C=O) groups is 1. The molecule has 0 heterocycles. The molecule has 1 amide bonds. The van der Waals surface area contributed by atoms with Gasteiger partial charge in [-0.2, -0.15) is 0 Å². The normalized spacial score (nSPS) is 11.6. The van der Waals surface area contributed by atoms with Gasteiger partial charge in [-0.05, 0) is 86.0 Å². The maximum atomic E-state index is 13.7. The first kappa shape index (κ1) is 28.8. The third-order valence-corrected chi connectivity index (χ3v) is 9.43. The zero-order valence-electron chi connectivity index (χ0n) is 22.5. The van der Waals surface area contributed by atoms with Gasteiger partial charge in [0.15, 0.2) is 0 Å². The molecule has 4 aromatic rings. The molecule has 0 saturated carbocycles. The number of nitrogens with one attached hydrogen (secondary N) is 2. The van der Waals surface area contributed by atoms with E-state index in [1.165, 1.54) is 36.4 Å². The number of amides is 1. The maximum absolute atomic E-state index is 13.7. The maximum Gasteiger partial charge on any atom is 0.264 e. The fraction of sp³-hybridized carbons (Fsp3) is 0.167. The SMILES string of the molecule is CCc1ccccc1N(CC(=O)Nc1ccc(S(=O)(=O)Nc2cccc(C)c2)cc1)S(=O)(=O)c1ccc(C)cc1. The summed E-state index contributed by atoms with van der Waals surface area (Å²) < 4.78 is 56.6. The van der Waals surface area contributed by atoms with Crippen molar-refractivity contribution in [1.29, 1.82) is 0 Å². The molecule has 4 rings (SSSR count). The highest BCUT2D eigenvalue weighted by Gasteiger charge is 2.28. The summed E-state index contributed by atoms with van der Waals surface area (Å²) >= 11 is 0. The molecule has 0 atom stereocenters. The molecule has 0 fully saturated rings. The first-order valence-electron chi connectivity index (χ1n) is 12.7. The summed E-state index contributed by atoms with van der Waals surface area (Å²) in [7, 11) is -7.91. The zero-order valence-corrected chi connectivity index (χ0v) is 24.1. The van der Waals surface area contributed by atoms with Gasteiger partial charge in [-0.1, -0.05) is 55.0 Å². The second-order valence-electron chi connectivity index (χ2n) is 9.35. The molecule has 0 aliphatic rings. The van der Waals surface area contributed by atoms with Crippen LogP contribution in [0, 0.1) is 13.8 Å². The molecule has 0 radical (unpaired) electrons. The van der Waals surface area contributed by atoms with Gasteiger partial charge < -0.3 is 5.32 Å². The van der Waals surface area contributed by atoms with Crippen molar-refractivity contribution in [1.82, 2.24) is 0 Å². The first-order valence-corrected chi connectivity index (χ1v) is 15.6. The van der Waals surface area contributed by atoms with Crippen LogP contribution in [0.3, 0.4) is 0 Å². The van der Waals surface area contributed by atoms with E-state index in [0.29, 0.717) is 23.5 Å². The van der Waals surface area contributed by atoms with E-state index < -0.39 is 32.5 Å². The Balaban J connectivity index is 1.56. The third-order valence-electron chi connectivity index (χ3n) is 6.26. The van der Waals surface area contributed by atoms with Crippen LogP contribution in [0.5, 0.6) is 0 Å². The number of nitrogens with zero attached hydrogens (tertiary/aromatic N) is 1. The molecule has 2 N–H and O–H groups in total. The van der Waals surface area contributed by atoms with E-state index in [1.54, 1.807) is 42.5 Å². The number of anilines is 3. The number of sulfonamides is 2. The molecule has 0 aliphatic heterocycles. The molecule has 0 aromatic heterocycles. The summed E-state index contributed by atoms with van der Waals surface area (Å²) in [6.07, 6.45) is 0.574. The second kappa shape index (κ2) is 11.9. The summed E-state index contributed by atoms with van der Waals surface area (Å²) in [6, 6.07) is 26.2. The minimum absolute atomic E-state index is 0.0208. The zero-order chi connectivity index (χ0) is 28.9. The molecule has 0 aliphatic carbocycles. The van der Waals surface area contributed by atoms with Crippen LogP contribution in [-0.2, 0) is 31.3 Å². The molecule has 0 saturated heterocycles. The standard InChI is InChI=1S/C30H31N3O5S2/c1-4-24-9-5-6-11-29(24)33(40(37,38)28-16-12-22(2)13-17-28)21-30(34)31-25-14-18-27(19-15-25)39(35,36)32-26-10-7-8-23(3)20-26/h5-20,32H,4,21H2,1-3H3,(H,31,34). The number of carbonyl (C=O) groups excluding carboxylic acids is 1. The molecule has 10 heteroatoms. The fourth-order valence-corrected chi connectivity index (χ4v) is 6.67. The second-order valence-corrected chi connectivity index (χ2v) is 12.9. The average molecular weight is 578 g/mol. The van der Waals surface area contributed by atoms with E-state index in [2.05, 4.69) is 10.0 Å². The van der Waals surface area contributed by atoms with Crippen LogP contribution in [0.4, 0.5) is 17.1 Å². The Kier molecular flexibility index (Phi) is 8.61. The van der Waals surface area contributed by atoms with Crippen molar-refractivity contribution >= 4 is 43.0 Å². The topological polar surface area (TPSA) is 113 Å². The average Bonchev–Trinajstić information content (AvgIpc) is 2.92. The summed E-state index contributed by atoms with van der Waals surface area (Å²) in [5, 5.41) is 2.69. The molecular formula is C30H31N3O5S2. The quantitative estimate of drug-likeness (QED) is 0.258. The number of hydrogen-bond acceptors (Lipinski definition) is 5. The van der Waals surface area contributed by atoms with Crippen LogP contribution in [0.1, 0.15) is 23.6 Å². The molecule has 0 bridgehead atoms. The van der Waals surface area contributed by atoms with Crippen LogP contribution in [0.15, 0.2) is 107 Å². The van der Waals surface area contributed by atoms with Crippen LogP contribution in [0.25, 0.3) is 0 Å². The predicted octanol–water partition coefficient (Wildman–Crippen LogP) is 5.50. The van der Waals surface area contributed by atoms with Gasteiger partial charge in [0.05, 0.1) is 15.5 Å². The van der Waals surface area contributed by atoms with Gasteiger partial charge in [-0.15, -0.1) is 0 Å². The lowest BCUT2D eigenvalue weighted by Crippen LogP contribution is -2.38. The fourth-order valence-electron chi connectivity index (χ4n) is 4.16. The lowest BCUT2D eigenvalue weighted by molar-refractivity contribution is -0.114. The van der Waals surface area contributed by atoms with E-state index in [1.807, 2.05) is 39.0 Å². The van der Waals surface area contributed by atoms with Crippen molar-refractivity contribution in [3.63, 3.8) is 0 Å². The highest BCUT2D eigenvalue weighted by Crippen LogP contribution is 2.28. The number of benzene rings is 4. The van der Waals surface area contributed by atoms with Crippen molar-refractivity contribution in [3.05, 3.63) is 114 Å². The highest BCUT2D eigenvalue weighted by molar-refractivity contribution is 7.93. The minimum Gasteiger partial charge on any atom is -0.325 e. The number of para-hydroxylation sites is 1. The Labute approximate surface area is 235 Å². The molecule has 0 unspecified atom stereocenters. The van der Waals surface area contributed by atoms with Crippen LogP contribution in [-0.4, -0.2) is 29.3 Å². The van der Waals surface area contributed by atoms with E-state index in [-0.39, 0.29) is 9.79 Å². The van der Waals surface area contributed by atoms with E-state index in [0.717, 1.165) is 21.0 Å². The van der Waals surface area contributed by atoms with Gasteiger partial charge in [0.2, 0.25) is 5.91 Å². The smallest absolute Gasteiger partial charge is 0.264 e. The molecule has 0 spiro atoms. The van der Waals surface area contributed by atoms with Gasteiger partial charge in [0, 0.05) is 11.4 Å². The van der Waals surface area contributed by atoms with Gasteiger partial charge >= 0.3 is 0 Å². The summed E-state index contributed by atoms with van der Waals surface area (Å²) in [6.45, 7) is 5.17. The van der Waals surface area contributed by atoms with E-state index in [9.17, 15) is 21.6 Å².